The van der Waals surface area contributed by atoms with Crippen LogP contribution in [0.2, 0.25) is 0 Å². The molecule has 0 aliphatic rings. The highest BCUT2D eigenvalue weighted by molar-refractivity contribution is 5.69. The Morgan fingerprint density at radius 1 is 0.655 bits per heavy atom. The normalized spacial score (nSPS) is 11.7. The van der Waals surface area contributed by atoms with Gasteiger partial charge in [0.05, 0.1) is 13.2 Å². The average Bonchev–Trinajstić information content (AvgIpc) is 2.72. The number of unbranched alkanes of at least 4 members (excludes halogenated alkanes) is 13. The van der Waals surface area contributed by atoms with E-state index in [9.17, 15) is 9.90 Å². The maximum Gasteiger partial charge on any atom is 0.305 e. The Morgan fingerprint density at radius 2 is 1.07 bits per heavy atom. The fourth-order valence-corrected chi connectivity index (χ4v) is 4.30. The first kappa shape index (κ1) is 28.4. The molecule has 0 aliphatic heterocycles. The van der Waals surface area contributed by atoms with Crippen molar-refractivity contribution in [3.05, 3.63) is 0 Å². The number of ether oxygens (including phenoxy) is 1. The van der Waals surface area contributed by atoms with E-state index >= 15 is 0 Å². The molecule has 0 saturated carbocycles. The second-order valence-electron chi connectivity index (χ2n) is 9.16. The first-order chi connectivity index (χ1) is 14.1. The number of aliphatic hydroxyl groups excluding tert-OH is 1. The van der Waals surface area contributed by atoms with Crippen molar-refractivity contribution in [3.8, 4) is 0 Å². The number of hydrogen-bond acceptors (Lipinski definition) is 3. The van der Waals surface area contributed by atoms with Crippen LogP contribution in [0.4, 0.5) is 0 Å². The van der Waals surface area contributed by atoms with Crippen molar-refractivity contribution >= 4 is 5.97 Å². The Labute approximate surface area is 182 Å². The lowest BCUT2D eigenvalue weighted by Crippen LogP contribution is -2.32. The van der Waals surface area contributed by atoms with E-state index in [4.69, 9.17) is 4.74 Å². The smallest absolute Gasteiger partial charge is 0.305 e. The second-order valence-corrected chi connectivity index (χ2v) is 9.16. The van der Waals surface area contributed by atoms with Crippen LogP contribution >= 0.6 is 0 Å². The summed E-state index contributed by atoms with van der Waals surface area (Å²) in [5.74, 6) is -0.0889. The molecule has 0 amide bonds. The van der Waals surface area contributed by atoms with Crippen LogP contribution in [0.3, 0.4) is 0 Å². The maximum atomic E-state index is 12.0. The fraction of sp³-hybridized carbons (Fsp3) is 0.962. The Kier molecular flexibility index (Phi) is 20.3. The van der Waals surface area contributed by atoms with E-state index < -0.39 is 0 Å². The van der Waals surface area contributed by atoms with Gasteiger partial charge in [0.1, 0.15) is 0 Å². The standard InChI is InChI=1S/C26H52O3/c1-4-7-8-9-10-11-12-13-14-15-16-17-18-19-20-25(28)29-24-26(23-27,21-5-2)22-6-3/h27H,4-24H2,1-3H3. The zero-order chi connectivity index (χ0) is 21.6. The summed E-state index contributed by atoms with van der Waals surface area (Å²) in [5.41, 5.74) is -0.228. The lowest BCUT2D eigenvalue weighted by Gasteiger charge is -2.30. The van der Waals surface area contributed by atoms with Crippen molar-refractivity contribution in [1.29, 1.82) is 0 Å². The van der Waals surface area contributed by atoms with Gasteiger partial charge < -0.3 is 9.84 Å². The molecule has 0 aromatic carbocycles. The molecule has 0 heterocycles. The Morgan fingerprint density at radius 3 is 1.45 bits per heavy atom. The van der Waals surface area contributed by atoms with Crippen LogP contribution < -0.4 is 0 Å². The molecule has 0 aliphatic carbocycles. The number of carbonyl (C=O) groups is 1. The summed E-state index contributed by atoms with van der Waals surface area (Å²) in [6.45, 7) is 7.01. The molecule has 29 heavy (non-hydrogen) atoms. The number of aliphatic hydroxyl groups is 1. The van der Waals surface area contributed by atoms with Gasteiger partial charge in [-0.15, -0.1) is 0 Å². The summed E-state index contributed by atoms with van der Waals surface area (Å²) in [5, 5.41) is 9.77. The summed E-state index contributed by atoms with van der Waals surface area (Å²) in [6.07, 6.45) is 22.9. The van der Waals surface area contributed by atoms with Crippen molar-refractivity contribution in [2.24, 2.45) is 5.41 Å². The second kappa shape index (κ2) is 20.7. The van der Waals surface area contributed by atoms with Gasteiger partial charge in [-0.05, 0) is 19.3 Å². The third kappa shape index (κ3) is 16.9. The third-order valence-electron chi connectivity index (χ3n) is 6.17. The van der Waals surface area contributed by atoms with Gasteiger partial charge >= 0.3 is 5.97 Å². The van der Waals surface area contributed by atoms with Crippen molar-refractivity contribution in [3.63, 3.8) is 0 Å². The highest BCUT2D eigenvalue weighted by Crippen LogP contribution is 2.30. The van der Waals surface area contributed by atoms with Gasteiger partial charge in [0.15, 0.2) is 0 Å². The van der Waals surface area contributed by atoms with E-state index in [1.54, 1.807) is 0 Å². The van der Waals surface area contributed by atoms with Gasteiger partial charge in [-0.1, -0.05) is 117 Å². The fourth-order valence-electron chi connectivity index (χ4n) is 4.30. The van der Waals surface area contributed by atoms with Gasteiger partial charge in [0.2, 0.25) is 0 Å². The third-order valence-corrected chi connectivity index (χ3v) is 6.17. The minimum Gasteiger partial charge on any atom is -0.465 e. The first-order valence-corrected chi connectivity index (χ1v) is 12.9. The predicted molar refractivity (Wildman–Crippen MR) is 125 cm³/mol. The molecule has 174 valence electrons. The summed E-state index contributed by atoms with van der Waals surface area (Å²) < 4.78 is 5.52. The van der Waals surface area contributed by atoms with Crippen molar-refractivity contribution in [2.45, 2.75) is 143 Å². The van der Waals surface area contributed by atoms with Gasteiger partial charge in [-0.25, -0.2) is 0 Å². The lowest BCUT2D eigenvalue weighted by molar-refractivity contribution is -0.149. The van der Waals surface area contributed by atoms with Crippen LogP contribution in [0.15, 0.2) is 0 Å². The van der Waals surface area contributed by atoms with E-state index in [-0.39, 0.29) is 18.0 Å². The van der Waals surface area contributed by atoms with Gasteiger partial charge in [-0.2, -0.15) is 0 Å². The topological polar surface area (TPSA) is 46.5 Å². The van der Waals surface area contributed by atoms with E-state index in [1.807, 2.05) is 0 Å². The minimum absolute atomic E-state index is 0.0889. The van der Waals surface area contributed by atoms with Crippen LogP contribution in [-0.2, 0) is 9.53 Å². The summed E-state index contributed by atoms with van der Waals surface area (Å²) in [7, 11) is 0. The zero-order valence-corrected chi connectivity index (χ0v) is 20.1. The summed E-state index contributed by atoms with van der Waals surface area (Å²) >= 11 is 0. The largest absolute Gasteiger partial charge is 0.465 e. The van der Waals surface area contributed by atoms with Crippen LogP contribution in [0.5, 0.6) is 0 Å². The van der Waals surface area contributed by atoms with E-state index in [0.717, 1.165) is 38.5 Å². The maximum absolute atomic E-state index is 12.0. The number of hydrogen-bond donors (Lipinski definition) is 1. The molecule has 0 saturated heterocycles. The molecule has 0 atom stereocenters. The Balaban J connectivity index is 3.53. The highest BCUT2D eigenvalue weighted by atomic mass is 16.5. The van der Waals surface area contributed by atoms with Crippen LogP contribution in [0.25, 0.3) is 0 Å². The van der Waals surface area contributed by atoms with Gasteiger partial charge in [0.25, 0.3) is 0 Å². The predicted octanol–water partition coefficient (Wildman–Crippen LogP) is 7.98. The molecule has 0 fully saturated rings. The number of carbonyl (C=O) groups excluding carboxylic acids is 1. The van der Waals surface area contributed by atoms with E-state index in [0.29, 0.717) is 13.0 Å². The van der Waals surface area contributed by atoms with E-state index in [1.165, 1.54) is 77.0 Å². The molecule has 3 nitrogen and oxygen atoms in total. The number of esters is 1. The number of rotatable bonds is 22. The highest BCUT2D eigenvalue weighted by Gasteiger charge is 2.29. The van der Waals surface area contributed by atoms with Gasteiger partial charge in [0, 0.05) is 11.8 Å². The Bertz CT molecular complexity index is 348. The quantitative estimate of drug-likeness (QED) is 0.145. The molecule has 0 unspecified atom stereocenters. The first-order valence-electron chi connectivity index (χ1n) is 12.9. The molecule has 1 N–H and O–H groups in total. The molecule has 0 radical (unpaired) electrons. The molecule has 3 heteroatoms. The molecule has 0 spiro atoms. The van der Waals surface area contributed by atoms with Crippen LogP contribution in [0.1, 0.15) is 143 Å². The van der Waals surface area contributed by atoms with E-state index in [2.05, 4.69) is 20.8 Å². The minimum atomic E-state index is -0.228. The van der Waals surface area contributed by atoms with Gasteiger partial charge in [-0.3, -0.25) is 4.79 Å². The van der Waals surface area contributed by atoms with Crippen LogP contribution in [0, 0.1) is 5.41 Å². The molecule has 0 bridgehead atoms. The summed E-state index contributed by atoms with van der Waals surface area (Å²) in [4.78, 5) is 12.0. The molecule has 0 rings (SSSR count). The van der Waals surface area contributed by atoms with Crippen LogP contribution in [-0.4, -0.2) is 24.3 Å². The molecule has 0 aromatic rings. The van der Waals surface area contributed by atoms with Crippen molar-refractivity contribution in [1.82, 2.24) is 0 Å². The summed E-state index contributed by atoms with van der Waals surface area (Å²) in [6, 6.07) is 0. The average molecular weight is 413 g/mol. The lowest BCUT2D eigenvalue weighted by atomic mass is 9.81. The Hall–Kier alpha value is -0.570. The molecular formula is C26H52O3. The van der Waals surface area contributed by atoms with Crippen molar-refractivity contribution in [2.75, 3.05) is 13.2 Å². The molecular weight excluding hydrogens is 360 g/mol. The SMILES string of the molecule is CCCCCCCCCCCCCCCCC(=O)OCC(CO)(CCC)CCC. The molecule has 0 aromatic heterocycles. The monoisotopic (exact) mass is 412 g/mol. The zero-order valence-electron chi connectivity index (χ0n) is 20.1. The van der Waals surface area contributed by atoms with Crippen molar-refractivity contribution < 1.29 is 14.6 Å².